The van der Waals surface area contributed by atoms with Gasteiger partial charge in [0.25, 0.3) is 0 Å². The van der Waals surface area contributed by atoms with Gasteiger partial charge < -0.3 is 0 Å². The normalized spacial score (nSPS) is 11.7. The van der Waals surface area contributed by atoms with E-state index in [1.807, 2.05) is 97.1 Å². The van der Waals surface area contributed by atoms with Crippen LogP contribution in [0.4, 0.5) is 0 Å². The summed E-state index contributed by atoms with van der Waals surface area (Å²) in [7, 11) is 0. The van der Waals surface area contributed by atoms with Crippen LogP contribution in [0.2, 0.25) is 5.02 Å². The quantitative estimate of drug-likeness (QED) is 0.202. The number of hydrogen-bond donors (Lipinski definition) is 0. The zero-order valence-corrected chi connectivity index (χ0v) is 18.5. The number of carbonyl (C=O) groups excluding carboxylic acids is 1. The van der Waals surface area contributed by atoms with Gasteiger partial charge in [-0.25, -0.2) is 4.98 Å². The van der Waals surface area contributed by atoms with Crippen molar-refractivity contribution in [1.82, 2.24) is 4.98 Å². The van der Waals surface area contributed by atoms with Gasteiger partial charge in [0.1, 0.15) is 0 Å². The Labute approximate surface area is 197 Å². The molecule has 0 atom stereocenters. The Morgan fingerprint density at radius 2 is 1.48 bits per heavy atom. The lowest BCUT2D eigenvalue weighted by atomic mass is 10.0. The summed E-state index contributed by atoms with van der Waals surface area (Å²) in [5.41, 5.74) is 4.34. The van der Waals surface area contributed by atoms with Crippen molar-refractivity contribution in [3.05, 3.63) is 131 Å². The van der Waals surface area contributed by atoms with Gasteiger partial charge in [-0.2, -0.15) is 0 Å². The molecule has 0 aliphatic heterocycles. The van der Waals surface area contributed by atoms with E-state index in [1.165, 1.54) is 0 Å². The summed E-state index contributed by atoms with van der Waals surface area (Å²) in [6.07, 6.45) is 7.47. The molecule has 158 valence electrons. The number of halogens is 1. The van der Waals surface area contributed by atoms with Crippen LogP contribution in [0.15, 0.2) is 103 Å². The lowest BCUT2D eigenvalue weighted by molar-refractivity contribution is 0.104. The number of carbonyl (C=O) groups is 1. The number of nitrogens with zero attached hydrogens (tertiary/aromatic N) is 1. The van der Waals surface area contributed by atoms with E-state index in [9.17, 15) is 4.79 Å². The largest absolute Gasteiger partial charge is 0.289 e. The minimum absolute atomic E-state index is 0.0437. The van der Waals surface area contributed by atoms with Crippen LogP contribution in [0.25, 0.3) is 39.9 Å². The number of ketones is 1. The minimum atomic E-state index is -0.0437. The van der Waals surface area contributed by atoms with E-state index < -0.39 is 0 Å². The highest BCUT2D eigenvalue weighted by Crippen LogP contribution is 2.23. The first-order chi connectivity index (χ1) is 16.2. The van der Waals surface area contributed by atoms with Gasteiger partial charge in [-0.3, -0.25) is 4.79 Å². The van der Waals surface area contributed by atoms with E-state index >= 15 is 0 Å². The molecule has 0 radical (unpaired) electrons. The van der Waals surface area contributed by atoms with E-state index in [0.29, 0.717) is 10.6 Å². The molecule has 2 nitrogen and oxygen atoms in total. The molecule has 0 saturated carbocycles. The number of rotatable bonds is 5. The Bertz CT molecular complexity index is 1540. The first kappa shape index (κ1) is 20.9. The van der Waals surface area contributed by atoms with Crippen LogP contribution in [-0.2, 0) is 0 Å². The molecular formula is C30H20ClNO. The van der Waals surface area contributed by atoms with Gasteiger partial charge in [0.2, 0.25) is 0 Å². The van der Waals surface area contributed by atoms with Crippen molar-refractivity contribution in [2.24, 2.45) is 0 Å². The van der Waals surface area contributed by atoms with Crippen LogP contribution in [0.1, 0.15) is 27.2 Å². The molecule has 0 fully saturated rings. The zero-order valence-electron chi connectivity index (χ0n) is 17.8. The number of pyridine rings is 1. The fourth-order valence-electron chi connectivity index (χ4n) is 3.93. The van der Waals surface area contributed by atoms with Gasteiger partial charge in [0, 0.05) is 16.0 Å². The Balaban J connectivity index is 1.50. The standard InChI is InChI=1S/C30H20ClNO/c31-24-10-5-7-21(19-24)15-16-23-20-25(32-29-14-4-3-12-27(23)29)17-18-30(33)28-13-6-9-22-8-1-2-11-26(22)28/h1-20H/b16-15+,18-17+. The average Bonchev–Trinajstić information content (AvgIpc) is 2.85. The fraction of sp³-hybridized carbons (Fsp3) is 0. The van der Waals surface area contributed by atoms with Crippen molar-refractivity contribution in [3.8, 4) is 0 Å². The third kappa shape index (κ3) is 4.62. The minimum Gasteiger partial charge on any atom is -0.289 e. The molecule has 0 N–H and O–H groups in total. The smallest absolute Gasteiger partial charge is 0.186 e. The third-order valence-corrected chi connectivity index (χ3v) is 5.77. The summed E-state index contributed by atoms with van der Waals surface area (Å²) in [6.45, 7) is 0. The molecule has 1 aromatic heterocycles. The molecule has 5 aromatic rings. The molecule has 0 saturated heterocycles. The Morgan fingerprint density at radius 3 is 2.36 bits per heavy atom. The molecule has 3 heteroatoms. The second-order valence-corrected chi connectivity index (χ2v) is 8.20. The molecule has 1 heterocycles. The first-order valence-corrected chi connectivity index (χ1v) is 11.1. The maximum absolute atomic E-state index is 13.0. The van der Waals surface area contributed by atoms with Crippen LogP contribution >= 0.6 is 11.6 Å². The van der Waals surface area contributed by atoms with Crippen LogP contribution in [0.3, 0.4) is 0 Å². The van der Waals surface area contributed by atoms with Gasteiger partial charge >= 0.3 is 0 Å². The number of aromatic nitrogens is 1. The molecule has 0 spiro atoms. The van der Waals surface area contributed by atoms with Gasteiger partial charge in [0.15, 0.2) is 5.78 Å². The van der Waals surface area contributed by atoms with E-state index in [-0.39, 0.29) is 5.78 Å². The lowest BCUT2D eigenvalue weighted by Crippen LogP contribution is -1.96. The average molecular weight is 446 g/mol. The van der Waals surface area contributed by atoms with Gasteiger partial charge in [-0.15, -0.1) is 0 Å². The van der Waals surface area contributed by atoms with Gasteiger partial charge in [-0.1, -0.05) is 96.5 Å². The summed E-state index contributed by atoms with van der Waals surface area (Å²) >= 11 is 6.12. The summed E-state index contributed by atoms with van der Waals surface area (Å²) in [5, 5.41) is 3.75. The molecule has 5 rings (SSSR count). The van der Waals surface area contributed by atoms with Crippen LogP contribution in [0.5, 0.6) is 0 Å². The predicted octanol–water partition coefficient (Wildman–Crippen LogP) is 8.11. The first-order valence-electron chi connectivity index (χ1n) is 10.7. The van der Waals surface area contributed by atoms with Gasteiger partial charge in [-0.05, 0) is 58.3 Å². The fourth-order valence-corrected chi connectivity index (χ4v) is 4.13. The van der Waals surface area contributed by atoms with Crippen molar-refractivity contribution >= 4 is 57.3 Å². The molecule has 33 heavy (non-hydrogen) atoms. The molecule has 0 aliphatic rings. The molecule has 4 aromatic carbocycles. The van der Waals surface area contributed by atoms with Crippen molar-refractivity contribution in [3.63, 3.8) is 0 Å². The maximum atomic E-state index is 13.0. The highest BCUT2D eigenvalue weighted by molar-refractivity contribution is 6.30. The number of para-hydroxylation sites is 1. The number of benzene rings is 4. The second kappa shape index (κ2) is 9.23. The van der Waals surface area contributed by atoms with E-state index in [4.69, 9.17) is 16.6 Å². The Kier molecular flexibility index (Phi) is 5.84. The second-order valence-electron chi connectivity index (χ2n) is 7.77. The van der Waals surface area contributed by atoms with E-state index in [0.717, 1.165) is 38.5 Å². The topological polar surface area (TPSA) is 30.0 Å². The highest BCUT2D eigenvalue weighted by Gasteiger charge is 2.07. The van der Waals surface area contributed by atoms with E-state index in [2.05, 4.69) is 12.1 Å². The molecule has 0 amide bonds. The number of hydrogen-bond acceptors (Lipinski definition) is 2. The summed E-state index contributed by atoms with van der Waals surface area (Å²) in [5.74, 6) is -0.0437. The maximum Gasteiger partial charge on any atom is 0.186 e. The number of fused-ring (bicyclic) bond motifs is 2. The monoisotopic (exact) mass is 445 g/mol. The number of allylic oxidation sites excluding steroid dienone is 1. The molecular weight excluding hydrogens is 426 g/mol. The predicted molar refractivity (Wildman–Crippen MR) is 139 cm³/mol. The summed E-state index contributed by atoms with van der Waals surface area (Å²) < 4.78 is 0. The molecule has 0 bridgehead atoms. The summed E-state index contributed by atoms with van der Waals surface area (Å²) in [6, 6.07) is 31.4. The molecule has 0 aliphatic carbocycles. The highest BCUT2D eigenvalue weighted by atomic mass is 35.5. The lowest BCUT2D eigenvalue weighted by Gasteiger charge is -2.05. The van der Waals surface area contributed by atoms with Crippen molar-refractivity contribution in [2.45, 2.75) is 0 Å². The Morgan fingerprint density at radius 1 is 0.727 bits per heavy atom. The van der Waals surface area contributed by atoms with Crippen LogP contribution in [0, 0.1) is 0 Å². The third-order valence-electron chi connectivity index (χ3n) is 5.53. The van der Waals surface area contributed by atoms with Crippen LogP contribution in [-0.4, -0.2) is 10.8 Å². The van der Waals surface area contributed by atoms with Crippen molar-refractivity contribution < 1.29 is 4.79 Å². The zero-order chi connectivity index (χ0) is 22.6. The SMILES string of the molecule is O=C(/C=C/c1cc(/C=C/c2cccc(Cl)c2)c2ccccc2n1)c1cccc2ccccc12. The van der Waals surface area contributed by atoms with Crippen molar-refractivity contribution in [2.75, 3.05) is 0 Å². The Hall–Kier alpha value is -4.01. The molecule has 0 unspecified atom stereocenters. The van der Waals surface area contributed by atoms with E-state index in [1.54, 1.807) is 12.2 Å². The van der Waals surface area contributed by atoms with Crippen LogP contribution < -0.4 is 0 Å². The summed E-state index contributed by atoms with van der Waals surface area (Å²) in [4.78, 5) is 17.7. The van der Waals surface area contributed by atoms with Crippen molar-refractivity contribution in [1.29, 1.82) is 0 Å². The van der Waals surface area contributed by atoms with Gasteiger partial charge in [0.05, 0.1) is 11.2 Å².